The normalized spacial score (nSPS) is 14.9. The summed E-state index contributed by atoms with van der Waals surface area (Å²) in [6.07, 6.45) is 2.17. The number of benzene rings is 1. The molecular formula is C16H19F2N3. The molecule has 0 radical (unpaired) electrons. The zero-order valence-corrected chi connectivity index (χ0v) is 12.2. The van der Waals surface area contributed by atoms with Gasteiger partial charge in [-0.1, -0.05) is 19.9 Å². The van der Waals surface area contributed by atoms with Crippen LogP contribution in [0.4, 0.5) is 14.6 Å². The van der Waals surface area contributed by atoms with Gasteiger partial charge in [0.1, 0.15) is 17.3 Å². The molecule has 0 bridgehead atoms. The molecule has 0 amide bonds. The van der Waals surface area contributed by atoms with Crippen molar-refractivity contribution >= 4 is 5.82 Å². The van der Waals surface area contributed by atoms with Crippen molar-refractivity contribution in [2.24, 2.45) is 5.92 Å². The first-order chi connectivity index (χ1) is 9.99. The summed E-state index contributed by atoms with van der Waals surface area (Å²) in [5, 5.41) is 0. The van der Waals surface area contributed by atoms with Crippen LogP contribution in [0.3, 0.4) is 0 Å². The molecule has 3 rings (SSSR count). The lowest BCUT2D eigenvalue weighted by Gasteiger charge is -2.12. The summed E-state index contributed by atoms with van der Waals surface area (Å²) < 4.78 is 29.4. The molecule has 1 aliphatic carbocycles. The molecule has 0 atom stereocenters. The quantitative estimate of drug-likeness (QED) is 0.927. The van der Waals surface area contributed by atoms with Crippen LogP contribution in [0.15, 0.2) is 18.2 Å². The van der Waals surface area contributed by atoms with Crippen LogP contribution >= 0.6 is 0 Å². The van der Waals surface area contributed by atoms with Gasteiger partial charge in [0.2, 0.25) is 0 Å². The summed E-state index contributed by atoms with van der Waals surface area (Å²) >= 11 is 0. The van der Waals surface area contributed by atoms with E-state index in [1.807, 2.05) is 4.57 Å². The highest BCUT2D eigenvalue weighted by Crippen LogP contribution is 2.42. The second kappa shape index (κ2) is 5.13. The largest absolute Gasteiger partial charge is 0.383 e. The number of anilines is 1. The van der Waals surface area contributed by atoms with E-state index >= 15 is 0 Å². The van der Waals surface area contributed by atoms with Crippen LogP contribution in [0.1, 0.15) is 38.4 Å². The van der Waals surface area contributed by atoms with Gasteiger partial charge in [-0.25, -0.2) is 13.8 Å². The number of aromatic nitrogens is 2. The van der Waals surface area contributed by atoms with Gasteiger partial charge >= 0.3 is 0 Å². The van der Waals surface area contributed by atoms with E-state index in [1.54, 1.807) is 0 Å². The molecule has 1 aromatic carbocycles. The highest BCUT2D eigenvalue weighted by Gasteiger charge is 2.31. The van der Waals surface area contributed by atoms with Gasteiger partial charge in [0.15, 0.2) is 11.6 Å². The van der Waals surface area contributed by atoms with Gasteiger partial charge in [-0.15, -0.1) is 0 Å². The molecule has 1 aromatic heterocycles. The molecule has 0 spiro atoms. The Bertz CT molecular complexity index is 672. The number of nitrogens with zero attached hydrogens (tertiary/aromatic N) is 2. The Morgan fingerprint density at radius 1 is 1.33 bits per heavy atom. The van der Waals surface area contributed by atoms with E-state index in [0.717, 1.165) is 31.3 Å². The molecule has 1 fully saturated rings. The van der Waals surface area contributed by atoms with Gasteiger partial charge in [-0.3, -0.25) is 0 Å². The summed E-state index contributed by atoms with van der Waals surface area (Å²) in [7, 11) is 0. The Morgan fingerprint density at radius 3 is 2.67 bits per heavy atom. The smallest absolute Gasteiger partial charge is 0.168 e. The highest BCUT2D eigenvalue weighted by atomic mass is 19.2. The molecule has 0 saturated heterocycles. The SMILES string of the molecule is CC(C)Cn1c(C2CC2)nc(-c2cccc(F)c2F)c1N. The Kier molecular flexibility index (Phi) is 3.43. The third-order valence-electron chi connectivity index (χ3n) is 3.73. The summed E-state index contributed by atoms with van der Waals surface area (Å²) in [5.74, 6) is 0.370. The lowest BCUT2D eigenvalue weighted by Crippen LogP contribution is -2.11. The number of imidazole rings is 1. The minimum Gasteiger partial charge on any atom is -0.383 e. The average molecular weight is 291 g/mol. The molecule has 0 unspecified atom stereocenters. The summed E-state index contributed by atoms with van der Waals surface area (Å²) in [4.78, 5) is 4.53. The molecule has 2 N–H and O–H groups in total. The van der Waals surface area contributed by atoms with Crippen LogP contribution < -0.4 is 5.73 Å². The minimum atomic E-state index is -0.888. The number of rotatable bonds is 4. The average Bonchev–Trinajstić information content (AvgIpc) is 3.21. The van der Waals surface area contributed by atoms with Crippen molar-refractivity contribution in [3.8, 4) is 11.3 Å². The second-order valence-corrected chi connectivity index (χ2v) is 6.08. The number of hydrogen-bond donors (Lipinski definition) is 1. The van der Waals surface area contributed by atoms with E-state index in [0.29, 0.717) is 23.3 Å². The zero-order chi connectivity index (χ0) is 15.1. The van der Waals surface area contributed by atoms with Crippen molar-refractivity contribution in [3.63, 3.8) is 0 Å². The van der Waals surface area contributed by atoms with Gasteiger partial charge in [0.05, 0.1) is 0 Å². The summed E-state index contributed by atoms with van der Waals surface area (Å²) in [6, 6.07) is 4.10. The monoisotopic (exact) mass is 291 g/mol. The van der Waals surface area contributed by atoms with Gasteiger partial charge in [0.25, 0.3) is 0 Å². The van der Waals surface area contributed by atoms with Crippen LogP contribution in [0.25, 0.3) is 11.3 Å². The summed E-state index contributed by atoms with van der Waals surface area (Å²) in [6.45, 7) is 4.93. The number of nitrogen functional groups attached to an aromatic ring is 1. The van der Waals surface area contributed by atoms with Crippen molar-refractivity contribution in [3.05, 3.63) is 35.7 Å². The first kappa shape index (κ1) is 14.0. The van der Waals surface area contributed by atoms with E-state index in [-0.39, 0.29) is 5.56 Å². The van der Waals surface area contributed by atoms with E-state index in [4.69, 9.17) is 5.73 Å². The van der Waals surface area contributed by atoms with Crippen molar-refractivity contribution in [2.75, 3.05) is 5.73 Å². The molecular weight excluding hydrogens is 272 g/mol. The molecule has 112 valence electrons. The van der Waals surface area contributed by atoms with Crippen LogP contribution in [0.5, 0.6) is 0 Å². The van der Waals surface area contributed by atoms with E-state index in [2.05, 4.69) is 18.8 Å². The first-order valence-electron chi connectivity index (χ1n) is 7.29. The van der Waals surface area contributed by atoms with E-state index < -0.39 is 11.6 Å². The third-order valence-corrected chi connectivity index (χ3v) is 3.73. The molecule has 3 nitrogen and oxygen atoms in total. The van der Waals surface area contributed by atoms with E-state index in [9.17, 15) is 8.78 Å². The first-order valence-corrected chi connectivity index (χ1v) is 7.29. The Labute approximate surface area is 122 Å². The standard InChI is InChI=1S/C16H19F2N3/c1-9(2)8-21-15(19)14(20-16(21)10-6-7-10)11-4-3-5-12(17)13(11)18/h3-5,9-10H,6-8,19H2,1-2H3. The van der Waals surface area contributed by atoms with Crippen molar-refractivity contribution in [1.29, 1.82) is 0 Å². The van der Waals surface area contributed by atoms with Crippen LogP contribution in [0, 0.1) is 17.6 Å². The number of hydrogen-bond acceptors (Lipinski definition) is 2. The predicted octanol–water partition coefficient (Wildman–Crippen LogP) is 3.94. The highest BCUT2D eigenvalue weighted by molar-refractivity contribution is 5.71. The fourth-order valence-electron chi connectivity index (χ4n) is 2.58. The lowest BCUT2D eigenvalue weighted by atomic mass is 10.1. The molecule has 1 saturated carbocycles. The van der Waals surface area contributed by atoms with Gasteiger partial charge < -0.3 is 10.3 Å². The number of halogens is 2. The Morgan fingerprint density at radius 2 is 2.05 bits per heavy atom. The van der Waals surface area contributed by atoms with Crippen molar-refractivity contribution in [1.82, 2.24) is 9.55 Å². The topological polar surface area (TPSA) is 43.8 Å². The van der Waals surface area contributed by atoms with Gasteiger partial charge in [-0.05, 0) is 30.9 Å². The van der Waals surface area contributed by atoms with E-state index in [1.165, 1.54) is 12.1 Å². The second-order valence-electron chi connectivity index (χ2n) is 6.08. The van der Waals surface area contributed by atoms with Crippen molar-refractivity contribution in [2.45, 2.75) is 39.2 Å². The maximum atomic E-state index is 14.0. The molecule has 1 aliphatic rings. The minimum absolute atomic E-state index is 0.136. The van der Waals surface area contributed by atoms with Crippen LogP contribution in [-0.4, -0.2) is 9.55 Å². The maximum Gasteiger partial charge on any atom is 0.168 e. The zero-order valence-electron chi connectivity index (χ0n) is 12.2. The lowest BCUT2D eigenvalue weighted by molar-refractivity contribution is 0.510. The number of nitrogens with two attached hydrogens (primary N) is 1. The molecule has 1 heterocycles. The Balaban J connectivity index is 2.13. The van der Waals surface area contributed by atoms with Crippen molar-refractivity contribution < 1.29 is 8.78 Å². The van der Waals surface area contributed by atoms with Gasteiger partial charge in [0, 0.05) is 18.0 Å². The molecule has 5 heteroatoms. The maximum absolute atomic E-state index is 14.0. The van der Waals surface area contributed by atoms with Crippen LogP contribution in [-0.2, 0) is 6.54 Å². The Hall–Kier alpha value is -1.91. The fourth-order valence-corrected chi connectivity index (χ4v) is 2.58. The molecule has 21 heavy (non-hydrogen) atoms. The summed E-state index contributed by atoms with van der Waals surface area (Å²) in [5.41, 5.74) is 6.67. The molecule has 2 aromatic rings. The third kappa shape index (κ3) is 2.52. The van der Waals surface area contributed by atoms with Crippen LogP contribution in [0.2, 0.25) is 0 Å². The van der Waals surface area contributed by atoms with Gasteiger partial charge in [-0.2, -0.15) is 0 Å². The molecule has 0 aliphatic heterocycles. The fraction of sp³-hybridized carbons (Fsp3) is 0.438. The predicted molar refractivity (Wildman–Crippen MR) is 78.8 cm³/mol.